The van der Waals surface area contributed by atoms with Gasteiger partial charge in [0.25, 0.3) is 0 Å². The molecule has 1 aromatic carbocycles. The predicted octanol–water partition coefficient (Wildman–Crippen LogP) is 3.48. The van der Waals surface area contributed by atoms with Crippen molar-refractivity contribution in [3.8, 4) is 5.69 Å². The van der Waals surface area contributed by atoms with Crippen LogP contribution in [0.2, 0.25) is 0 Å². The number of rotatable bonds is 6. The Bertz CT molecular complexity index is 944. The van der Waals surface area contributed by atoms with E-state index in [1.807, 2.05) is 21.5 Å². The molecule has 0 saturated carbocycles. The second-order valence-corrected chi connectivity index (χ2v) is 9.81. The first-order valence-electron chi connectivity index (χ1n) is 9.10. The topological polar surface area (TPSA) is 47.2 Å². The Morgan fingerprint density at radius 2 is 2.04 bits per heavy atom. The molecule has 1 aromatic heterocycles. The molecule has 0 amide bonds. The number of benzene rings is 1. The van der Waals surface area contributed by atoms with E-state index < -0.39 is 9.84 Å². The molecule has 0 N–H and O–H groups in total. The highest BCUT2D eigenvalue weighted by atomic mass is 32.2. The summed E-state index contributed by atoms with van der Waals surface area (Å²) in [5.74, 6) is 0.560. The van der Waals surface area contributed by atoms with Crippen molar-refractivity contribution in [3.63, 3.8) is 0 Å². The predicted molar refractivity (Wildman–Crippen MR) is 108 cm³/mol. The Labute approximate surface area is 161 Å². The second kappa shape index (κ2) is 7.66. The van der Waals surface area contributed by atoms with Gasteiger partial charge in [-0.1, -0.05) is 19.1 Å². The van der Waals surface area contributed by atoms with Crippen LogP contribution in [0.15, 0.2) is 30.6 Å². The number of imidazole rings is 1. The lowest BCUT2D eigenvalue weighted by Crippen LogP contribution is -2.38. The van der Waals surface area contributed by atoms with Crippen molar-refractivity contribution in [1.82, 2.24) is 14.0 Å². The molecule has 2 heterocycles. The molecule has 1 unspecified atom stereocenters. The Kier molecular flexibility index (Phi) is 5.69. The standard InChI is InChI=1S/C19H27N3O2S2/c1-4-8-20(17-7-11-26(23,24)13-17)14-21-9-10-22(19(21)25)18-12-15(2)5-6-16(18)3/h5-6,9-10,12,17H,4,7-8,11,13-14H2,1-3H3. The van der Waals surface area contributed by atoms with Crippen LogP contribution < -0.4 is 0 Å². The molecule has 1 atom stereocenters. The van der Waals surface area contributed by atoms with E-state index in [1.54, 1.807) is 0 Å². The minimum Gasteiger partial charge on any atom is -0.310 e. The molecule has 2 aromatic rings. The number of sulfone groups is 1. The third-order valence-corrected chi connectivity index (χ3v) is 7.22. The summed E-state index contributed by atoms with van der Waals surface area (Å²) in [7, 11) is -2.89. The molecule has 0 aliphatic carbocycles. The average Bonchev–Trinajstić information content (AvgIpc) is 3.12. The quantitative estimate of drug-likeness (QED) is 0.705. The summed E-state index contributed by atoms with van der Waals surface area (Å²) in [5.41, 5.74) is 3.47. The van der Waals surface area contributed by atoms with Crippen molar-refractivity contribution in [1.29, 1.82) is 0 Å². The lowest BCUT2D eigenvalue weighted by molar-refractivity contribution is 0.164. The van der Waals surface area contributed by atoms with E-state index in [2.05, 4.69) is 43.9 Å². The van der Waals surface area contributed by atoms with Gasteiger partial charge in [-0.3, -0.25) is 9.47 Å². The molecule has 5 nitrogen and oxygen atoms in total. The van der Waals surface area contributed by atoms with Gasteiger partial charge < -0.3 is 4.57 Å². The zero-order chi connectivity index (χ0) is 18.9. The highest BCUT2D eigenvalue weighted by molar-refractivity contribution is 7.91. The fraction of sp³-hybridized carbons (Fsp3) is 0.526. The summed E-state index contributed by atoms with van der Waals surface area (Å²) in [5, 5.41) is 0. The van der Waals surface area contributed by atoms with Crippen molar-refractivity contribution >= 4 is 22.1 Å². The number of nitrogens with zero attached hydrogens (tertiary/aromatic N) is 3. The Morgan fingerprint density at radius 1 is 1.27 bits per heavy atom. The Balaban J connectivity index is 1.87. The van der Waals surface area contributed by atoms with E-state index in [-0.39, 0.29) is 11.8 Å². The van der Waals surface area contributed by atoms with Crippen molar-refractivity contribution in [2.45, 2.75) is 46.3 Å². The van der Waals surface area contributed by atoms with E-state index in [0.29, 0.717) is 18.8 Å². The van der Waals surface area contributed by atoms with Gasteiger partial charge in [-0.2, -0.15) is 0 Å². The van der Waals surface area contributed by atoms with E-state index in [9.17, 15) is 8.42 Å². The van der Waals surface area contributed by atoms with E-state index >= 15 is 0 Å². The molecular weight excluding hydrogens is 366 g/mol. The average molecular weight is 394 g/mol. The van der Waals surface area contributed by atoms with Gasteiger partial charge in [-0.15, -0.1) is 0 Å². The first-order valence-corrected chi connectivity index (χ1v) is 11.3. The molecule has 1 aliphatic rings. The second-order valence-electron chi connectivity index (χ2n) is 7.22. The van der Waals surface area contributed by atoms with Gasteiger partial charge in [0.15, 0.2) is 14.6 Å². The van der Waals surface area contributed by atoms with Gasteiger partial charge in [0.2, 0.25) is 0 Å². The van der Waals surface area contributed by atoms with Gasteiger partial charge in [0.05, 0.1) is 23.9 Å². The maximum Gasteiger partial charge on any atom is 0.185 e. The third kappa shape index (κ3) is 4.10. The summed E-state index contributed by atoms with van der Waals surface area (Å²) in [6.07, 6.45) is 5.70. The van der Waals surface area contributed by atoms with Crippen LogP contribution in [0.5, 0.6) is 0 Å². The van der Waals surface area contributed by atoms with Crippen molar-refractivity contribution in [2.24, 2.45) is 0 Å². The monoisotopic (exact) mass is 393 g/mol. The molecule has 7 heteroatoms. The molecule has 1 aliphatic heterocycles. The number of hydrogen-bond donors (Lipinski definition) is 0. The summed E-state index contributed by atoms with van der Waals surface area (Å²) < 4.78 is 28.5. The molecule has 26 heavy (non-hydrogen) atoms. The molecule has 142 valence electrons. The maximum absolute atomic E-state index is 11.9. The Hall–Kier alpha value is -1.44. The Morgan fingerprint density at radius 3 is 2.69 bits per heavy atom. The fourth-order valence-electron chi connectivity index (χ4n) is 3.60. The summed E-state index contributed by atoms with van der Waals surface area (Å²) in [6, 6.07) is 6.44. The lowest BCUT2D eigenvalue weighted by atomic mass is 10.1. The van der Waals surface area contributed by atoms with Crippen molar-refractivity contribution in [2.75, 3.05) is 18.1 Å². The molecule has 1 fully saturated rings. The van der Waals surface area contributed by atoms with Crippen LogP contribution >= 0.6 is 12.2 Å². The minimum atomic E-state index is -2.89. The van der Waals surface area contributed by atoms with Gasteiger partial charge in [0, 0.05) is 18.4 Å². The van der Waals surface area contributed by atoms with Gasteiger partial charge in [-0.05, 0) is 62.6 Å². The fourth-order valence-corrected chi connectivity index (χ4v) is 5.64. The van der Waals surface area contributed by atoms with Crippen LogP contribution in [0.3, 0.4) is 0 Å². The lowest BCUT2D eigenvalue weighted by Gasteiger charge is -2.27. The third-order valence-electron chi connectivity index (χ3n) is 5.04. The van der Waals surface area contributed by atoms with Crippen LogP contribution in [-0.4, -0.2) is 46.5 Å². The maximum atomic E-state index is 11.9. The zero-order valence-corrected chi connectivity index (χ0v) is 17.3. The van der Waals surface area contributed by atoms with E-state index in [4.69, 9.17) is 12.2 Å². The zero-order valence-electron chi connectivity index (χ0n) is 15.7. The highest BCUT2D eigenvalue weighted by Crippen LogP contribution is 2.21. The molecule has 0 bridgehead atoms. The first-order chi connectivity index (χ1) is 12.3. The summed E-state index contributed by atoms with van der Waals surface area (Å²) >= 11 is 5.71. The van der Waals surface area contributed by atoms with E-state index in [1.165, 1.54) is 11.1 Å². The number of aryl methyl sites for hydroxylation is 2. The van der Waals surface area contributed by atoms with Crippen LogP contribution in [0.4, 0.5) is 0 Å². The highest BCUT2D eigenvalue weighted by Gasteiger charge is 2.32. The smallest absolute Gasteiger partial charge is 0.185 e. The first kappa shape index (κ1) is 19.3. The molecule has 3 rings (SSSR count). The molecule has 0 radical (unpaired) electrons. The summed E-state index contributed by atoms with van der Waals surface area (Å²) in [6.45, 7) is 7.78. The van der Waals surface area contributed by atoms with Gasteiger partial charge >= 0.3 is 0 Å². The molecule has 1 saturated heterocycles. The summed E-state index contributed by atoms with van der Waals surface area (Å²) in [4.78, 5) is 2.26. The van der Waals surface area contributed by atoms with Gasteiger partial charge in [0.1, 0.15) is 0 Å². The van der Waals surface area contributed by atoms with E-state index in [0.717, 1.165) is 23.4 Å². The number of hydrogen-bond acceptors (Lipinski definition) is 4. The molecular formula is C19H27N3O2S2. The minimum absolute atomic E-state index is 0.0888. The van der Waals surface area contributed by atoms with Crippen LogP contribution in [0.25, 0.3) is 5.69 Å². The van der Waals surface area contributed by atoms with Gasteiger partial charge in [-0.25, -0.2) is 8.42 Å². The van der Waals surface area contributed by atoms with Crippen LogP contribution in [-0.2, 0) is 16.5 Å². The van der Waals surface area contributed by atoms with Crippen LogP contribution in [0, 0.1) is 18.6 Å². The van der Waals surface area contributed by atoms with Crippen molar-refractivity contribution < 1.29 is 8.42 Å². The molecule has 0 spiro atoms. The normalized spacial score (nSPS) is 19.3. The van der Waals surface area contributed by atoms with Crippen LogP contribution in [0.1, 0.15) is 30.9 Å². The van der Waals surface area contributed by atoms with Crippen molar-refractivity contribution in [3.05, 3.63) is 46.5 Å². The SMILES string of the molecule is CCCN(Cn1ccn(-c2cc(C)ccc2C)c1=S)C1CCS(=O)(=O)C1. The number of aromatic nitrogens is 2. The largest absolute Gasteiger partial charge is 0.310 e.